The van der Waals surface area contributed by atoms with Crippen molar-refractivity contribution in [2.45, 2.75) is 0 Å². The van der Waals surface area contributed by atoms with Crippen LogP contribution < -0.4 is 5.43 Å². The second-order valence-electron chi connectivity index (χ2n) is 3.40. The molecule has 1 heterocycles. The molecule has 1 N–H and O–H groups in total. The molecule has 1 aromatic carbocycles. The lowest BCUT2D eigenvalue weighted by molar-refractivity contribution is 1.30. The van der Waals surface area contributed by atoms with E-state index in [2.05, 4.69) is 15.5 Å². The molecular weight excluding hydrogens is 293 g/mol. The predicted octanol–water partition coefficient (Wildman–Crippen LogP) is 4.49. The van der Waals surface area contributed by atoms with Gasteiger partial charge in [-0.05, 0) is 18.2 Å². The maximum absolute atomic E-state index is 6.00. The summed E-state index contributed by atoms with van der Waals surface area (Å²) in [4.78, 5) is 3.97. The van der Waals surface area contributed by atoms with Crippen LogP contribution in [0.2, 0.25) is 15.1 Å². The molecule has 2 aromatic rings. The second-order valence-corrected chi connectivity index (χ2v) is 4.65. The quantitative estimate of drug-likeness (QED) is 0.670. The molecule has 3 nitrogen and oxygen atoms in total. The minimum Gasteiger partial charge on any atom is -0.275 e. The Morgan fingerprint density at radius 2 is 1.89 bits per heavy atom. The SMILES string of the molecule is Clc1cc(Cl)c(NN=Cc2cccnc2)c(Cl)c1. The van der Waals surface area contributed by atoms with Gasteiger partial charge in [-0.25, -0.2) is 0 Å². The van der Waals surface area contributed by atoms with Gasteiger partial charge in [-0.3, -0.25) is 10.4 Å². The molecule has 0 bridgehead atoms. The molecule has 0 aliphatic carbocycles. The monoisotopic (exact) mass is 299 g/mol. The van der Waals surface area contributed by atoms with Gasteiger partial charge in [0.15, 0.2) is 0 Å². The molecule has 0 aliphatic rings. The molecule has 92 valence electrons. The first-order chi connectivity index (χ1) is 8.66. The van der Waals surface area contributed by atoms with Gasteiger partial charge in [-0.2, -0.15) is 5.10 Å². The molecule has 0 radical (unpaired) electrons. The maximum atomic E-state index is 6.00. The molecule has 0 fully saturated rings. The fraction of sp³-hybridized carbons (Fsp3) is 0. The van der Waals surface area contributed by atoms with E-state index in [1.54, 1.807) is 30.7 Å². The molecule has 0 saturated heterocycles. The Bertz CT molecular complexity index is 547. The van der Waals surface area contributed by atoms with Gasteiger partial charge in [0.05, 0.1) is 21.9 Å². The van der Waals surface area contributed by atoms with E-state index in [1.165, 1.54) is 0 Å². The van der Waals surface area contributed by atoms with Crippen LogP contribution in [0.4, 0.5) is 5.69 Å². The summed E-state index contributed by atoms with van der Waals surface area (Å²) in [5, 5.41) is 5.34. The zero-order valence-corrected chi connectivity index (χ0v) is 11.3. The van der Waals surface area contributed by atoms with Crippen LogP contribution in [0.25, 0.3) is 0 Å². The van der Waals surface area contributed by atoms with Gasteiger partial charge in [0.1, 0.15) is 0 Å². The number of hydrazone groups is 1. The first kappa shape index (κ1) is 13.1. The third-order valence-electron chi connectivity index (χ3n) is 2.08. The Balaban J connectivity index is 2.14. The molecule has 6 heteroatoms. The second kappa shape index (κ2) is 6.05. The van der Waals surface area contributed by atoms with Gasteiger partial charge in [0, 0.05) is 23.0 Å². The standard InChI is InChI=1S/C12H8Cl3N3/c13-9-4-10(14)12(11(15)5-9)18-17-7-8-2-1-3-16-6-8/h1-7,18H. The molecule has 0 spiro atoms. The van der Waals surface area contributed by atoms with Gasteiger partial charge < -0.3 is 0 Å². The van der Waals surface area contributed by atoms with Crippen LogP contribution in [-0.2, 0) is 0 Å². The van der Waals surface area contributed by atoms with Crippen LogP contribution in [0.5, 0.6) is 0 Å². The van der Waals surface area contributed by atoms with Crippen molar-refractivity contribution >= 4 is 46.7 Å². The Morgan fingerprint density at radius 3 is 2.50 bits per heavy atom. The summed E-state index contributed by atoms with van der Waals surface area (Å²) in [6.07, 6.45) is 5.00. The Hall–Kier alpha value is -1.29. The van der Waals surface area contributed by atoms with Gasteiger partial charge in [0.25, 0.3) is 0 Å². The zero-order valence-electron chi connectivity index (χ0n) is 9.07. The summed E-state index contributed by atoms with van der Waals surface area (Å²) >= 11 is 17.8. The number of nitrogens with one attached hydrogen (secondary N) is 1. The Labute approximate surface area is 119 Å². The fourth-order valence-electron chi connectivity index (χ4n) is 1.27. The van der Waals surface area contributed by atoms with Crippen molar-refractivity contribution in [2.75, 3.05) is 5.43 Å². The normalized spacial score (nSPS) is 10.8. The van der Waals surface area contributed by atoms with Crippen molar-refractivity contribution in [3.63, 3.8) is 0 Å². The van der Waals surface area contributed by atoms with Crippen molar-refractivity contribution in [3.05, 3.63) is 57.3 Å². The van der Waals surface area contributed by atoms with Gasteiger partial charge >= 0.3 is 0 Å². The maximum Gasteiger partial charge on any atom is 0.0935 e. The lowest BCUT2D eigenvalue weighted by atomic mass is 10.3. The fourth-order valence-corrected chi connectivity index (χ4v) is 2.17. The van der Waals surface area contributed by atoms with E-state index in [-0.39, 0.29) is 0 Å². The highest BCUT2D eigenvalue weighted by Gasteiger charge is 2.06. The third-order valence-corrected chi connectivity index (χ3v) is 2.90. The van der Waals surface area contributed by atoms with E-state index >= 15 is 0 Å². The van der Waals surface area contributed by atoms with Gasteiger partial charge in [-0.15, -0.1) is 0 Å². The number of benzene rings is 1. The number of halogens is 3. The highest BCUT2D eigenvalue weighted by Crippen LogP contribution is 2.33. The van der Waals surface area contributed by atoms with Gasteiger partial charge in [-0.1, -0.05) is 40.9 Å². The van der Waals surface area contributed by atoms with Crippen LogP contribution in [0.3, 0.4) is 0 Å². The smallest absolute Gasteiger partial charge is 0.0935 e. The molecule has 1 aromatic heterocycles. The molecule has 0 amide bonds. The Morgan fingerprint density at radius 1 is 1.17 bits per heavy atom. The van der Waals surface area contributed by atoms with E-state index in [1.807, 2.05) is 12.1 Å². The van der Waals surface area contributed by atoms with E-state index in [9.17, 15) is 0 Å². The molecular formula is C12H8Cl3N3. The van der Waals surface area contributed by atoms with E-state index < -0.39 is 0 Å². The number of nitrogens with zero attached hydrogens (tertiary/aromatic N) is 2. The van der Waals surface area contributed by atoms with Crippen molar-refractivity contribution < 1.29 is 0 Å². The Kier molecular flexibility index (Phi) is 4.42. The molecule has 0 aliphatic heterocycles. The van der Waals surface area contributed by atoms with Crippen LogP contribution in [0.1, 0.15) is 5.56 Å². The number of rotatable bonds is 3. The average molecular weight is 301 g/mol. The highest BCUT2D eigenvalue weighted by molar-refractivity contribution is 6.41. The van der Waals surface area contributed by atoms with Crippen LogP contribution in [-0.4, -0.2) is 11.2 Å². The van der Waals surface area contributed by atoms with E-state index in [4.69, 9.17) is 34.8 Å². The average Bonchev–Trinajstić information content (AvgIpc) is 2.34. The summed E-state index contributed by atoms with van der Waals surface area (Å²) in [6, 6.07) is 6.89. The topological polar surface area (TPSA) is 37.3 Å². The first-order valence-corrected chi connectivity index (χ1v) is 6.14. The van der Waals surface area contributed by atoms with Crippen molar-refractivity contribution in [2.24, 2.45) is 5.10 Å². The van der Waals surface area contributed by atoms with Crippen LogP contribution >= 0.6 is 34.8 Å². The number of anilines is 1. The summed E-state index contributed by atoms with van der Waals surface area (Å²) in [7, 11) is 0. The van der Waals surface area contributed by atoms with Crippen LogP contribution in [0.15, 0.2) is 41.8 Å². The summed E-state index contributed by atoms with van der Waals surface area (Å²) in [5.41, 5.74) is 4.16. The summed E-state index contributed by atoms with van der Waals surface area (Å²) in [5.74, 6) is 0. The molecule has 0 unspecified atom stereocenters. The number of hydrogen-bond acceptors (Lipinski definition) is 3. The zero-order chi connectivity index (χ0) is 13.0. The van der Waals surface area contributed by atoms with Gasteiger partial charge in [0.2, 0.25) is 0 Å². The van der Waals surface area contributed by atoms with E-state index in [0.717, 1.165) is 5.56 Å². The number of pyridine rings is 1. The van der Waals surface area contributed by atoms with Crippen LogP contribution in [0, 0.1) is 0 Å². The molecule has 0 atom stereocenters. The van der Waals surface area contributed by atoms with Crippen molar-refractivity contribution in [1.29, 1.82) is 0 Å². The lowest BCUT2D eigenvalue weighted by Crippen LogP contribution is -1.93. The lowest BCUT2D eigenvalue weighted by Gasteiger charge is -2.06. The minimum absolute atomic E-state index is 0.413. The van der Waals surface area contributed by atoms with Crippen molar-refractivity contribution in [3.8, 4) is 0 Å². The molecule has 0 saturated carbocycles. The first-order valence-electron chi connectivity index (χ1n) is 5.00. The summed E-state index contributed by atoms with van der Waals surface area (Å²) < 4.78 is 0. The largest absolute Gasteiger partial charge is 0.275 e. The molecule has 2 rings (SSSR count). The minimum atomic E-state index is 0.413. The van der Waals surface area contributed by atoms with E-state index in [0.29, 0.717) is 20.8 Å². The summed E-state index contributed by atoms with van der Waals surface area (Å²) in [6.45, 7) is 0. The third kappa shape index (κ3) is 3.35. The molecule has 18 heavy (non-hydrogen) atoms. The number of aromatic nitrogens is 1. The number of hydrogen-bond donors (Lipinski definition) is 1. The highest BCUT2D eigenvalue weighted by atomic mass is 35.5. The predicted molar refractivity (Wildman–Crippen MR) is 76.9 cm³/mol. The van der Waals surface area contributed by atoms with Crippen molar-refractivity contribution in [1.82, 2.24) is 4.98 Å².